The van der Waals surface area contributed by atoms with Gasteiger partial charge in [0.1, 0.15) is 19.0 Å². The van der Waals surface area contributed by atoms with Crippen LogP contribution in [0.4, 0.5) is 5.69 Å². The van der Waals surface area contributed by atoms with Gasteiger partial charge in [-0.05, 0) is 47.4 Å². The van der Waals surface area contributed by atoms with E-state index in [0.29, 0.717) is 17.9 Å². The van der Waals surface area contributed by atoms with Crippen molar-refractivity contribution in [1.29, 1.82) is 0 Å². The van der Waals surface area contributed by atoms with Crippen molar-refractivity contribution in [2.24, 2.45) is 0 Å². The van der Waals surface area contributed by atoms with Crippen LogP contribution in [0, 0.1) is 0 Å². The highest BCUT2D eigenvalue weighted by atomic mass is 16.5. The molecule has 0 N–H and O–H groups in total. The Balaban J connectivity index is 1.40. The van der Waals surface area contributed by atoms with Crippen LogP contribution >= 0.6 is 0 Å². The monoisotopic (exact) mass is 439 g/mol. The lowest BCUT2D eigenvalue weighted by molar-refractivity contribution is -0.136. The summed E-state index contributed by atoms with van der Waals surface area (Å²) < 4.78 is 11.3. The number of carbonyl (C=O) groups is 2. The molecule has 0 saturated heterocycles. The zero-order chi connectivity index (χ0) is 22.8. The van der Waals surface area contributed by atoms with E-state index >= 15 is 0 Å². The number of ether oxygens (including phenoxy) is 2. The molecule has 0 radical (unpaired) electrons. The summed E-state index contributed by atoms with van der Waals surface area (Å²) >= 11 is 0. The molecule has 5 rings (SSSR count). The molecule has 0 bridgehead atoms. The van der Waals surface area contributed by atoms with Crippen molar-refractivity contribution in [2.75, 3.05) is 11.5 Å². The number of esters is 1. The summed E-state index contributed by atoms with van der Waals surface area (Å²) in [6, 6.07) is 25.5. The Kier molecular flexibility index (Phi) is 5.69. The predicted octanol–water partition coefficient (Wildman–Crippen LogP) is 5.16. The van der Waals surface area contributed by atoms with E-state index in [1.807, 2.05) is 78.9 Å². The Hall–Kier alpha value is -3.86. The topological polar surface area (TPSA) is 55.8 Å². The number of nitrogens with zero attached hydrogens (tertiary/aromatic N) is 1. The number of benzene rings is 3. The van der Waals surface area contributed by atoms with Crippen LogP contribution in [0.1, 0.15) is 36.0 Å². The highest BCUT2D eigenvalue weighted by Crippen LogP contribution is 2.42. The van der Waals surface area contributed by atoms with Gasteiger partial charge in [-0.3, -0.25) is 9.69 Å². The van der Waals surface area contributed by atoms with Crippen molar-refractivity contribution in [2.45, 2.75) is 32.3 Å². The van der Waals surface area contributed by atoms with Crippen molar-refractivity contribution < 1.29 is 19.1 Å². The maximum Gasteiger partial charge on any atom is 0.336 e. The molecule has 0 spiro atoms. The molecule has 5 heteroatoms. The van der Waals surface area contributed by atoms with Gasteiger partial charge in [-0.25, -0.2) is 4.79 Å². The van der Waals surface area contributed by atoms with Gasteiger partial charge in [0, 0.05) is 18.0 Å². The highest BCUT2D eigenvalue weighted by molar-refractivity contribution is 6.06. The number of hydrogen-bond acceptors (Lipinski definition) is 4. The molecule has 166 valence electrons. The van der Waals surface area contributed by atoms with Crippen LogP contribution in [0.3, 0.4) is 0 Å². The molecule has 1 unspecified atom stereocenters. The van der Waals surface area contributed by atoms with E-state index in [4.69, 9.17) is 9.47 Å². The molecule has 1 atom stereocenters. The minimum atomic E-state index is -0.345. The number of carbonyl (C=O) groups excluding carboxylic acids is 2. The van der Waals surface area contributed by atoms with Gasteiger partial charge < -0.3 is 9.47 Å². The molecule has 2 aliphatic rings. The van der Waals surface area contributed by atoms with Crippen LogP contribution in [0.25, 0.3) is 0 Å². The van der Waals surface area contributed by atoms with E-state index in [0.717, 1.165) is 29.0 Å². The molecular formula is C28H25NO4. The van der Waals surface area contributed by atoms with Gasteiger partial charge in [0.2, 0.25) is 5.91 Å². The summed E-state index contributed by atoms with van der Waals surface area (Å²) in [5.41, 5.74) is 5.19. The maximum atomic E-state index is 13.2. The lowest BCUT2D eigenvalue weighted by Gasteiger charge is -2.32. The minimum absolute atomic E-state index is 0.0364. The Morgan fingerprint density at radius 2 is 1.64 bits per heavy atom. The normalized spacial score (nSPS) is 17.7. The first-order valence-corrected chi connectivity index (χ1v) is 11.2. The average molecular weight is 440 g/mol. The quantitative estimate of drug-likeness (QED) is 0.498. The summed E-state index contributed by atoms with van der Waals surface area (Å²) in [5, 5.41) is 0. The van der Waals surface area contributed by atoms with Gasteiger partial charge in [0.25, 0.3) is 0 Å². The Morgan fingerprint density at radius 3 is 2.33 bits per heavy atom. The van der Waals surface area contributed by atoms with Gasteiger partial charge in [-0.15, -0.1) is 0 Å². The minimum Gasteiger partial charge on any atom is -0.489 e. The Labute approximate surface area is 193 Å². The van der Waals surface area contributed by atoms with Gasteiger partial charge in [-0.2, -0.15) is 0 Å². The van der Waals surface area contributed by atoms with E-state index in [1.165, 1.54) is 5.56 Å². The summed E-state index contributed by atoms with van der Waals surface area (Å²) in [7, 11) is 0. The lowest BCUT2D eigenvalue weighted by Crippen LogP contribution is -2.37. The third kappa shape index (κ3) is 4.14. The molecule has 0 saturated carbocycles. The van der Waals surface area contributed by atoms with Crippen molar-refractivity contribution in [3.63, 3.8) is 0 Å². The Bertz CT molecular complexity index is 1200. The second kappa shape index (κ2) is 8.94. The predicted molar refractivity (Wildman–Crippen MR) is 126 cm³/mol. The molecule has 1 amide bonds. The fourth-order valence-electron chi connectivity index (χ4n) is 4.46. The molecule has 0 aromatic heterocycles. The third-order valence-electron chi connectivity index (χ3n) is 6.25. The standard InChI is InChI=1S/C28H25NO4/c1-2-19-8-12-22(13-9-19)29-25-18-33-28(31)27(25)24(16-26(29)30)21-10-14-23(15-11-21)32-17-20-6-4-3-5-7-20/h3-15,24H,2,16-18H2,1H3. The van der Waals surface area contributed by atoms with Gasteiger partial charge >= 0.3 is 5.97 Å². The van der Waals surface area contributed by atoms with E-state index in [2.05, 4.69) is 6.92 Å². The van der Waals surface area contributed by atoms with E-state index < -0.39 is 0 Å². The van der Waals surface area contributed by atoms with Gasteiger partial charge in [0.05, 0.1) is 11.3 Å². The summed E-state index contributed by atoms with van der Waals surface area (Å²) in [4.78, 5) is 27.5. The summed E-state index contributed by atoms with van der Waals surface area (Å²) in [6.07, 6.45) is 1.14. The largest absolute Gasteiger partial charge is 0.489 e. The number of aryl methyl sites for hydroxylation is 1. The van der Waals surface area contributed by atoms with Gasteiger partial charge in [0.15, 0.2) is 0 Å². The van der Waals surface area contributed by atoms with E-state index in [1.54, 1.807) is 4.90 Å². The van der Waals surface area contributed by atoms with Crippen molar-refractivity contribution in [1.82, 2.24) is 0 Å². The average Bonchev–Trinajstić information content (AvgIpc) is 3.24. The summed E-state index contributed by atoms with van der Waals surface area (Å²) in [5.74, 6) is 0.0372. The van der Waals surface area contributed by atoms with E-state index in [-0.39, 0.29) is 30.8 Å². The fourth-order valence-corrected chi connectivity index (χ4v) is 4.46. The maximum absolute atomic E-state index is 13.2. The molecule has 0 aliphatic carbocycles. The molecule has 0 fully saturated rings. The van der Waals surface area contributed by atoms with Crippen molar-refractivity contribution in [3.05, 3.63) is 107 Å². The molecule has 3 aromatic rings. The van der Waals surface area contributed by atoms with Crippen molar-refractivity contribution >= 4 is 17.6 Å². The number of cyclic esters (lactones) is 1. The zero-order valence-electron chi connectivity index (χ0n) is 18.5. The first kappa shape index (κ1) is 21.0. The molecule has 2 heterocycles. The fraction of sp³-hybridized carbons (Fsp3) is 0.214. The Morgan fingerprint density at radius 1 is 0.909 bits per heavy atom. The number of amides is 1. The molecular weight excluding hydrogens is 414 g/mol. The molecule has 5 nitrogen and oxygen atoms in total. The molecule has 3 aromatic carbocycles. The smallest absolute Gasteiger partial charge is 0.336 e. The number of hydrogen-bond donors (Lipinski definition) is 0. The van der Waals surface area contributed by atoms with Crippen LogP contribution in [-0.2, 0) is 27.4 Å². The summed E-state index contributed by atoms with van der Waals surface area (Å²) in [6.45, 7) is 2.69. The highest BCUT2D eigenvalue weighted by Gasteiger charge is 2.42. The second-order valence-electron chi connectivity index (χ2n) is 8.29. The molecule has 2 aliphatic heterocycles. The SMILES string of the molecule is CCc1ccc(N2C(=O)CC(c3ccc(OCc4ccccc4)cc3)C3=C2COC3=O)cc1. The number of anilines is 1. The molecule has 33 heavy (non-hydrogen) atoms. The van der Waals surface area contributed by atoms with Crippen molar-refractivity contribution in [3.8, 4) is 5.75 Å². The van der Waals surface area contributed by atoms with E-state index in [9.17, 15) is 9.59 Å². The van der Waals surface area contributed by atoms with Crippen LogP contribution in [0.2, 0.25) is 0 Å². The van der Waals surface area contributed by atoms with Crippen LogP contribution < -0.4 is 9.64 Å². The van der Waals surface area contributed by atoms with Gasteiger partial charge in [-0.1, -0.05) is 61.5 Å². The first-order chi connectivity index (χ1) is 16.1. The number of rotatable bonds is 6. The van der Waals surface area contributed by atoms with Crippen LogP contribution in [0.15, 0.2) is 90.1 Å². The van der Waals surface area contributed by atoms with Crippen LogP contribution in [0.5, 0.6) is 5.75 Å². The lowest BCUT2D eigenvalue weighted by atomic mass is 9.84. The first-order valence-electron chi connectivity index (χ1n) is 11.2. The third-order valence-corrected chi connectivity index (χ3v) is 6.25. The van der Waals surface area contributed by atoms with Crippen LogP contribution in [-0.4, -0.2) is 18.5 Å². The zero-order valence-corrected chi connectivity index (χ0v) is 18.5. The second-order valence-corrected chi connectivity index (χ2v) is 8.29.